The van der Waals surface area contributed by atoms with E-state index >= 15 is 0 Å². The van der Waals surface area contributed by atoms with Gasteiger partial charge in [-0.25, -0.2) is 9.78 Å². The number of piperidine rings is 1. The molecule has 1 aromatic carbocycles. The van der Waals surface area contributed by atoms with Crippen LogP contribution in [-0.2, 0) is 20.7 Å². The van der Waals surface area contributed by atoms with E-state index in [-0.39, 0.29) is 18.0 Å². The number of aromatic amines is 1. The standard InChI is InChI=1S/C23H34N4O4/c1-14-25-17-13-16(7-6-8-18(28)30-5)19(20(24)21(17)26-14)15-9-11-27(12-10-15)22(29)31-23(2,3)4/h13,15H,6-12,24H2,1-5H3,(H,25,26). The predicted octanol–water partition coefficient (Wildman–Crippen LogP) is 4.06. The second-order valence-electron chi connectivity index (χ2n) is 9.25. The van der Waals surface area contributed by atoms with Crippen LogP contribution < -0.4 is 5.73 Å². The highest BCUT2D eigenvalue weighted by atomic mass is 16.6. The van der Waals surface area contributed by atoms with E-state index in [1.54, 1.807) is 4.90 Å². The van der Waals surface area contributed by atoms with E-state index in [9.17, 15) is 9.59 Å². The van der Waals surface area contributed by atoms with Crippen LogP contribution in [0.3, 0.4) is 0 Å². The number of carbonyl (C=O) groups is 2. The number of fused-ring (bicyclic) bond motifs is 1. The first-order valence-electron chi connectivity index (χ1n) is 10.9. The number of H-pyrrole nitrogens is 1. The summed E-state index contributed by atoms with van der Waals surface area (Å²) in [5.41, 5.74) is 10.8. The molecule has 1 aliphatic rings. The summed E-state index contributed by atoms with van der Waals surface area (Å²) in [6.07, 6.45) is 3.14. The van der Waals surface area contributed by atoms with Gasteiger partial charge in [0.1, 0.15) is 16.9 Å². The molecule has 1 aliphatic heterocycles. The second kappa shape index (κ2) is 9.16. The average molecular weight is 431 g/mol. The number of rotatable bonds is 5. The van der Waals surface area contributed by atoms with Crippen molar-refractivity contribution < 1.29 is 19.1 Å². The molecular formula is C23H34N4O4. The van der Waals surface area contributed by atoms with E-state index in [0.29, 0.717) is 31.6 Å². The van der Waals surface area contributed by atoms with Crippen LogP contribution in [0.4, 0.5) is 10.5 Å². The lowest BCUT2D eigenvalue weighted by Gasteiger charge is -2.34. The summed E-state index contributed by atoms with van der Waals surface area (Å²) >= 11 is 0. The van der Waals surface area contributed by atoms with Gasteiger partial charge in [0.25, 0.3) is 0 Å². The molecular weight excluding hydrogens is 396 g/mol. The van der Waals surface area contributed by atoms with Crippen molar-refractivity contribution in [1.82, 2.24) is 14.9 Å². The van der Waals surface area contributed by atoms with E-state index in [1.807, 2.05) is 27.7 Å². The highest BCUT2D eigenvalue weighted by molar-refractivity contribution is 5.90. The number of anilines is 1. The minimum Gasteiger partial charge on any atom is -0.469 e. The smallest absolute Gasteiger partial charge is 0.410 e. The van der Waals surface area contributed by atoms with Crippen LogP contribution in [0, 0.1) is 6.92 Å². The molecule has 31 heavy (non-hydrogen) atoms. The number of nitrogen functional groups attached to an aromatic ring is 1. The summed E-state index contributed by atoms with van der Waals surface area (Å²) in [6.45, 7) is 8.78. The number of amides is 1. The maximum absolute atomic E-state index is 12.4. The number of hydrogen-bond donors (Lipinski definition) is 2. The molecule has 8 heteroatoms. The number of nitrogens with zero attached hydrogens (tertiary/aromatic N) is 2. The summed E-state index contributed by atoms with van der Waals surface area (Å²) < 4.78 is 10.3. The third-order valence-electron chi connectivity index (χ3n) is 5.67. The van der Waals surface area contributed by atoms with Crippen LogP contribution in [0.15, 0.2) is 6.07 Å². The van der Waals surface area contributed by atoms with Crippen LogP contribution in [0.25, 0.3) is 11.0 Å². The Balaban J connectivity index is 1.81. The van der Waals surface area contributed by atoms with Gasteiger partial charge >= 0.3 is 12.1 Å². The molecule has 0 saturated carbocycles. The van der Waals surface area contributed by atoms with Crippen LogP contribution in [0.5, 0.6) is 0 Å². The maximum Gasteiger partial charge on any atom is 0.410 e. The molecule has 0 aliphatic carbocycles. The van der Waals surface area contributed by atoms with Gasteiger partial charge in [-0.1, -0.05) is 0 Å². The van der Waals surface area contributed by atoms with Crippen molar-refractivity contribution in [3.63, 3.8) is 0 Å². The molecule has 0 bridgehead atoms. The molecule has 3 rings (SSSR count). The Kier molecular flexibility index (Phi) is 6.77. The summed E-state index contributed by atoms with van der Waals surface area (Å²) in [5, 5.41) is 0. The third kappa shape index (κ3) is 5.48. The first-order valence-corrected chi connectivity index (χ1v) is 10.9. The van der Waals surface area contributed by atoms with Crippen molar-refractivity contribution in [3.05, 3.63) is 23.0 Å². The van der Waals surface area contributed by atoms with Crippen molar-refractivity contribution in [1.29, 1.82) is 0 Å². The molecule has 8 nitrogen and oxygen atoms in total. The number of nitrogens with one attached hydrogen (secondary N) is 1. The van der Waals surface area contributed by atoms with Gasteiger partial charge in [-0.3, -0.25) is 4.79 Å². The van der Waals surface area contributed by atoms with Gasteiger partial charge in [0.15, 0.2) is 0 Å². The number of esters is 1. The number of carbonyl (C=O) groups excluding carboxylic acids is 2. The Morgan fingerprint density at radius 1 is 1.29 bits per heavy atom. The molecule has 0 unspecified atom stereocenters. The van der Waals surface area contributed by atoms with Crippen molar-refractivity contribution in [2.75, 3.05) is 25.9 Å². The summed E-state index contributed by atoms with van der Waals surface area (Å²) in [7, 11) is 1.41. The van der Waals surface area contributed by atoms with Gasteiger partial charge in [0, 0.05) is 19.5 Å². The molecule has 170 valence electrons. The number of aromatic nitrogens is 2. The highest BCUT2D eigenvalue weighted by Crippen LogP contribution is 2.38. The molecule has 1 fully saturated rings. The van der Waals surface area contributed by atoms with Crippen LogP contribution in [0.2, 0.25) is 0 Å². The first kappa shape index (κ1) is 22.9. The predicted molar refractivity (Wildman–Crippen MR) is 120 cm³/mol. The molecule has 1 aromatic heterocycles. The molecule has 3 N–H and O–H groups in total. The topological polar surface area (TPSA) is 111 Å². The molecule has 1 saturated heterocycles. The Morgan fingerprint density at radius 2 is 1.97 bits per heavy atom. The van der Waals surface area contributed by atoms with E-state index in [0.717, 1.165) is 47.2 Å². The molecule has 2 aromatic rings. The number of aryl methyl sites for hydroxylation is 2. The lowest BCUT2D eigenvalue weighted by Crippen LogP contribution is -2.41. The highest BCUT2D eigenvalue weighted by Gasteiger charge is 2.30. The van der Waals surface area contributed by atoms with Crippen LogP contribution in [-0.4, -0.2) is 52.7 Å². The fourth-order valence-corrected chi connectivity index (χ4v) is 4.26. The van der Waals surface area contributed by atoms with Gasteiger partial charge in [0.2, 0.25) is 0 Å². The first-order chi connectivity index (χ1) is 14.6. The molecule has 0 atom stereocenters. The van der Waals surface area contributed by atoms with Crippen molar-refractivity contribution in [3.8, 4) is 0 Å². The summed E-state index contributed by atoms with van der Waals surface area (Å²) in [5.74, 6) is 0.839. The van der Waals surface area contributed by atoms with E-state index in [1.165, 1.54) is 7.11 Å². The van der Waals surface area contributed by atoms with Gasteiger partial charge in [-0.15, -0.1) is 0 Å². The third-order valence-corrected chi connectivity index (χ3v) is 5.67. The van der Waals surface area contributed by atoms with Gasteiger partial charge < -0.3 is 25.1 Å². The summed E-state index contributed by atoms with van der Waals surface area (Å²) in [4.78, 5) is 33.6. The van der Waals surface area contributed by atoms with Gasteiger partial charge in [-0.2, -0.15) is 0 Å². The average Bonchev–Trinajstić information content (AvgIpc) is 3.07. The number of methoxy groups -OCH3 is 1. The van der Waals surface area contributed by atoms with Gasteiger partial charge in [-0.05, 0) is 76.5 Å². The number of benzene rings is 1. The maximum atomic E-state index is 12.4. The minimum absolute atomic E-state index is 0.210. The Hall–Kier alpha value is -2.77. The second-order valence-corrected chi connectivity index (χ2v) is 9.25. The number of ether oxygens (including phenoxy) is 2. The zero-order valence-electron chi connectivity index (χ0n) is 19.2. The molecule has 0 spiro atoms. The van der Waals surface area contributed by atoms with E-state index in [2.05, 4.69) is 16.0 Å². The van der Waals surface area contributed by atoms with Gasteiger partial charge in [0.05, 0.1) is 18.3 Å². The Morgan fingerprint density at radius 3 is 2.58 bits per heavy atom. The van der Waals surface area contributed by atoms with Crippen molar-refractivity contribution in [2.24, 2.45) is 0 Å². The largest absolute Gasteiger partial charge is 0.469 e. The number of imidazole rings is 1. The van der Waals surface area contributed by atoms with E-state index < -0.39 is 5.60 Å². The van der Waals surface area contributed by atoms with Crippen molar-refractivity contribution >= 4 is 28.8 Å². The zero-order valence-corrected chi connectivity index (χ0v) is 19.2. The Bertz CT molecular complexity index is 953. The fourth-order valence-electron chi connectivity index (χ4n) is 4.26. The number of nitrogens with two attached hydrogens (primary N) is 1. The SMILES string of the molecule is COC(=O)CCCc1cc2[nH]c(C)nc2c(N)c1C1CCN(C(=O)OC(C)(C)C)CC1. The Labute approximate surface area is 183 Å². The molecule has 0 radical (unpaired) electrons. The fraction of sp³-hybridized carbons (Fsp3) is 0.609. The van der Waals surface area contributed by atoms with Crippen molar-refractivity contribution in [2.45, 2.75) is 71.3 Å². The van der Waals surface area contributed by atoms with Crippen LogP contribution >= 0.6 is 0 Å². The van der Waals surface area contributed by atoms with Crippen LogP contribution in [0.1, 0.15) is 69.3 Å². The summed E-state index contributed by atoms with van der Waals surface area (Å²) in [6, 6.07) is 2.11. The monoisotopic (exact) mass is 430 g/mol. The number of hydrogen-bond acceptors (Lipinski definition) is 6. The zero-order chi connectivity index (χ0) is 22.8. The minimum atomic E-state index is -0.506. The quantitative estimate of drug-likeness (QED) is 0.547. The lowest BCUT2D eigenvalue weighted by atomic mass is 9.83. The van der Waals surface area contributed by atoms with E-state index in [4.69, 9.17) is 15.2 Å². The lowest BCUT2D eigenvalue weighted by molar-refractivity contribution is -0.140. The normalized spacial score (nSPS) is 15.3. The molecule has 2 heterocycles. The molecule has 1 amide bonds. The number of likely N-dealkylation sites (tertiary alicyclic amines) is 1.